The topological polar surface area (TPSA) is 20.3 Å². The van der Waals surface area contributed by atoms with Crippen LogP contribution in [0.4, 0.5) is 0 Å². The van der Waals surface area contributed by atoms with Gasteiger partial charge < -0.3 is 4.90 Å². The minimum Gasteiger partial charge on any atom is -0.309 e. The highest BCUT2D eigenvalue weighted by Gasteiger charge is 2.08. The molecular weight excluding hydrogens is 241 g/mol. The predicted molar refractivity (Wildman–Crippen MR) is 64.1 cm³/mol. The van der Waals surface area contributed by atoms with E-state index in [2.05, 4.69) is 0 Å². The molecule has 2 nitrogen and oxygen atoms in total. The van der Waals surface area contributed by atoms with Crippen molar-refractivity contribution in [2.24, 2.45) is 0 Å². The van der Waals surface area contributed by atoms with Crippen molar-refractivity contribution in [3.63, 3.8) is 0 Å². The second-order valence-corrected chi connectivity index (χ2v) is 4.80. The number of hydrogen-bond donors (Lipinski definition) is 0. The molecule has 0 aromatic carbocycles. The number of hydrogen-bond acceptors (Lipinski definition) is 3. The van der Waals surface area contributed by atoms with Gasteiger partial charge in [0.15, 0.2) is 5.78 Å². The van der Waals surface area contributed by atoms with E-state index in [-0.39, 0.29) is 18.2 Å². The van der Waals surface area contributed by atoms with Gasteiger partial charge in [0, 0.05) is 13.0 Å². The summed E-state index contributed by atoms with van der Waals surface area (Å²) in [6.45, 7) is 0.786. The van der Waals surface area contributed by atoms with E-state index >= 15 is 0 Å². The molecule has 1 rings (SSSR count). The van der Waals surface area contributed by atoms with Gasteiger partial charge in [-0.05, 0) is 26.2 Å². The van der Waals surface area contributed by atoms with Crippen molar-refractivity contribution >= 4 is 41.1 Å². The third-order valence-corrected chi connectivity index (χ3v) is 2.91. The van der Waals surface area contributed by atoms with E-state index in [4.69, 9.17) is 11.6 Å². The monoisotopic (exact) mass is 253 g/mol. The van der Waals surface area contributed by atoms with Gasteiger partial charge in [0.25, 0.3) is 0 Å². The minimum atomic E-state index is 0. The van der Waals surface area contributed by atoms with Crippen molar-refractivity contribution in [3.8, 4) is 0 Å². The largest absolute Gasteiger partial charge is 0.309 e. The molecular formula is C9H13Cl2NOS. The Kier molecular flexibility index (Phi) is 6.36. The zero-order chi connectivity index (χ0) is 9.84. The number of ketones is 1. The summed E-state index contributed by atoms with van der Waals surface area (Å²) in [4.78, 5) is 14.2. The van der Waals surface area contributed by atoms with Gasteiger partial charge in [0.2, 0.25) is 0 Å². The Bertz CT molecular complexity index is 299. The van der Waals surface area contributed by atoms with Crippen LogP contribution >= 0.6 is 35.3 Å². The van der Waals surface area contributed by atoms with Gasteiger partial charge in [-0.1, -0.05) is 11.6 Å². The van der Waals surface area contributed by atoms with E-state index < -0.39 is 0 Å². The Hall–Kier alpha value is -0.0900. The third-order valence-electron chi connectivity index (χ3n) is 1.63. The van der Waals surface area contributed by atoms with Gasteiger partial charge in [-0.3, -0.25) is 4.79 Å². The van der Waals surface area contributed by atoms with Crippen LogP contribution in [0.1, 0.15) is 16.1 Å². The summed E-state index contributed by atoms with van der Waals surface area (Å²) >= 11 is 7.07. The van der Waals surface area contributed by atoms with Crippen molar-refractivity contribution in [3.05, 3.63) is 21.3 Å². The first-order chi connectivity index (χ1) is 6.09. The predicted octanol–water partition coefficient (Wildman–Crippen LogP) is 2.96. The summed E-state index contributed by atoms with van der Waals surface area (Å²) in [6.07, 6.45) is 0.559. The number of rotatable bonds is 4. The molecule has 0 amide bonds. The molecule has 1 aromatic heterocycles. The van der Waals surface area contributed by atoms with Gasteiger partial charge in [-0.25, -0.2) is 0 Å². The zero-order valence-electron chi connectivity index (χ0n) is 8.12. The van der Waals surface area contributed by atoms with Crippen molar-refractivity contribution in [1.29, 1.82) is 0 Å². The maximum Gasteiger partial charge on any atom is 0.174 e. The smallest absolute Gasteiger partial charge is 0.174 e. The Morgan fingerprint density at radius 1 is 1.50 bits per heavy atom. The van der Waals surface area contributed by atoms with Crippen LogP contribution in [0.15, 0.2) is 12.1 Å². The maximum absolute atomic E-state index is 11.5. The average molecular weight is 254 g/mol. The summed E-state index contributed by atoms with van der Waals surface area (Å²) in [6, 6.07) is 3.54. The summed E-state index contributed by atoms with van der Waals surface area (Å²) in [5.41, 5.74) is 0. The van der Waals surface area contributed by atoms with Gasteiger partial charge in [-0.2, -0.15) is 0 Å². The van der Waals surface area contributed by atoms with Crippen molar-refractivity contribution in [2.75, 3.05) is 20.6 Å². The van der Waals surface area contributed by atoms with Crippen LogP contribution in [0.2, 0.25) is 4.34 Å². The molecule has 1 heterocycles. The molecule has 0 spiro atoms. The molecule has 0 aliphatic heterocycles. The van der Waals surface area contributed by atoms with E-state index in [1.165, 1.54) is 11.3 Å². The summed E-state index contributed by atoms with van der Waals surface area (Å²) < 4.78 is 0.674. The first-order valence-corrected chi connectivity index (χ1v) is 5.22. The van der Waals surface area contributed by atoms with Gasteiger partial charge in [0.1, 0.15) is 0 Å². The second kappa shape index (κ2) is 6.40. The summed E-state index contributed by atoms with van der Waals surface area (Å²) in [5.74, 6) is 0.172. The lowest BCUT2D eigenvalue weighted by atomic mass is 10.2. The molecule has 0 saturated heterocycles. The lowest BCUT2D eigenvalue weighted by molar-refractivity contribution is 0.0976. The second-order valence-electron chi connectivity index (χ2n) is 3.08. The van der Waals surface area contributed by atoms with E-state index in [9.17, 15) is 4.79 Å². The average Bonchev–Trinajstić information content (AvgIpc) is 2.47. The lowest BCUT2D eigenvalue weighted by Crippen LogP contribution is -2.16. The lowest BCUT2D eigenvalue weighted by Gasteiger charge is -2.06. The van der Waals surface area contributed by atoms with E-state index in [1.807, 2.05) is 19.0 Å². The third kappa shape index (κ3) is 4.42. The fraction of sp³-hybridized carbons (Fsp3) is 0.444. The highest BCUT2D eigenvalue weighted by Crippen LogP contribution is 2.22. The molecule has 0 fully saturated rings. The van der Waals surface area contributed by atoms with Crippen LogP contribution in [-0.2, 0) is 0 Å². The number of carbonyl (C=O) groups excluding carboxylic acids is 1. The summed E-state index contributed by atoms with van der Waals surface area (Å²) in [7, 11) is 3.91. The molecule has 80 valence electrons. The van der Waals surface area contributed by atoms with Gasteiger partial charge in [-0.15, -0.1) is 23.7 Å². The standard InChI is InChI=1S/C9H12ClNOS.ClH/c1-11(2)6-5-7(12)8-3-4-9(10)13-8;/h3-4H,5-6H2,1-2H3;1H. The van der Waals surface area contributed by atoms with E-state index in [0.29, 0.717) is 10.8 Å². The van der Waals surface area contributed by atoms with Crippen LogP contribution in [0, 0.1) is 0 Å². The molecule has 0 unspecified atom stereocenters. The molecule has 0 saturated carbocycles. The fourth-order valence-electron chi connectivity index (χ4n) is 0.913. The molecule has 0 radical (unpaired) electrons. The van der Waals surface area contributed by atoms with Crippen LogP contribution in [0.25, 0.3) is 0 Å². The van der Waals surface area contributed by atoms with Crippen molar-refractivity contribution in [1.82, 2.24) is 4.90 Å². The Morgan fingerprint density at radius 3 is 2.57 bits per heavy atom. The van der Waals surface area contributed by atoms with Crippen molar-refractivity contribution in [2.45, 2.75) is 6.42 Å². The van der Waals surface area contributed by atoms with Crippen LogP contribution in [0.3, 0.4) is 0 Å². The van der Waals surface area contributed by atoms with Crippen LogP contribution in [-0.4, -0.2) is 31.3 Å². The first-order valence-electron chi connectivity index (χ1n) is 4.03. The molecule has 5 heteroatoms. The molecule has 0 bridgehead atoms. The highest BCUT2D eigenvalue weighted by molar-refractivity contribution is 7.18. The van der Waals surface area contributed by atoms with Crippen LogP contribution < -0.4 is 0 Å². The Labute approximate surface area is 99.3 Å². The molecule has 0 atom stereocenters. The molecule has 1 aromatic rings. The number of Topliss-reactive ketones (excluding diaryl/α,β-unsaturated/α-hetero) is 1. The molecule has 0 aliphatic carbocycles. The normalized spacial score (nSPS) is 10.0. The molecule has 0 aliphatic rings. The number of nitrogens with zero attached hydrogens (tertiary/aromatic N) is 1. The van der Waals surface area contributed by atoms with Crippen molar-refractivity contribution < 1.29 is 4.79 Å². The zero-order valence-corrected chi connectivity index (χ0v) is 10.5. The Balaban J connectivity index is 0.00000169. The quantitative estimate of drug-likeness (QED) is 0.770. The van der Waals surface area contributed by atoms with Gasteiger partial charge in [0.05, 0.1) is 9.21 Å². The Morgan fingerprint density at radius 2 is 2.14 bits per heavy atom. The number of halogens is 2. The first kappa shape index (κ1) is 13.9. The number of thiophene rings is 1. The van der Waals surface area contributed by atoms with Crippen LogP contribution in [0.5, 0.6) is 0 Å². The highest BCUT2D eigenvalue weighted by atomic mass is 35.5. The minimum absolute atomic E-state index is 0. The number of carbonyl (C=O) groups is 1. The van der Waals surface area contributed by atoms with E-state index in [1.54, 1.807) is 12.1 Å². The SMILES string of the molecule is CN(C)CCC(=O)c1ccc(Cl)s1.Cl. The maximum atomic E-state index is 11.5. The molecule has 14 heavy (non-hydrogen) atoms. The fourth-order valence-corrected chi connectivity index (χ4v) is 1.92. The van der Waals surface area contributed by atoms with Gasteiger partial charge >= 0.3 is 0 Å². The van der Waals surface area contributed by atoms with E-state index in [0.717, 1.165) is 11.4 Å². The summed E-state index contributed by atoms with van der Waals surface area (Å²) in [5, 5.41) is 0. The molecule has 0 N–H and O–H groups in total.